The lowest BCUT2D eigenvalue weighted by molar-refractivity contribution is 0.105. The SMILES string of the molecule is CCC(CC)(C(N)Cc1cc(Cl)cc2c1OCC2)N(C)C. The van der Waals surface area contributed by atoms with Gasteiger partial charge in [0.15, 0.2) is 0 Å². The van der Waals surface area contributed by atoms with Crippen LogP contribution in [0.15, 0.2) is 12.1 Å². The Morgan fingerprint density at radius 2 is 2.00 bits per heavy atom. The lowest BCUT2D eigenvalue weighted by atomic mass is 9.80. The molecular formula is C17H27ClN2O. The van der Waals surface area contributed by atoms with Crippen LogP contribution in [0, 0.1) is 0 Å². The lowest BCUT2D eigenvalue weighted by Crippen LogP contribution is -2.57. The first-order valence-corrected chi connectivity index (χ1v) is 8.19. The van der Waals surface area contributed by atoms with Crippen molar-refractivity contribution >= 4 is 11.6 Å². The molecule has 3 nitrogen and oxygen atoms in total. The molecule has 21 heavy (non-hydrogen) atoms. The molecule has 0 amide bonds. The summed E-state index contributed by atoms with van der Waals surface area (Å²) in [6.07, 6.45) is 3.80. The molecule has 0 bridgehead atoms. The summed E-state index contributed by atoms with van der Waals surface area (Å²) in [5.41, 5.74) is 8.98. The van der Waals surface area contributed by atoms with Crippen molar-refractivity contribution in [2.24, 2.45) is 5.73 Å². The average molecular weight is 311 g/mol. The highest BCUT2D eigenvalue weighted by Gasteiger charge is 2.36. The summed E-state index contributed by atoms with van der Waals surface area (Å²) in [5.74, 6) is 1.01. The Kier molecular flexibility index (Phi) is 5.18. The number of hydrogen-bond acceptors (Lipinski definition) is 3. The Balaban J connectivity index is 2.29. The van der Waals surface area contributed by atoms with E-state index in [0.717, 1.165) is 48.6 Å². The Bertz CT molecular complexity index is 498. The van der Waals surface area contributed by atoms with Gasteiger partial charge in [0.2, 0.25) is 0 Å². The minimum absolute atomic E-state index is 0.00774. The van der Waals surface area contributed by atoms with Gasteiger partial charge >= 0.3 is 0 Å². The summed E-state index contributed by atoms with van der Waals surface area (Å²) in [7, 11) is 4.23. The first-order chi connectivity index (χ1) is 9.94. The lowest BCUT2D eigenvalue weighted by Gasteiger charge is -2.43. The van der Waals surface area contributed by atoms with Crippen LogP contribution in [-0.4, -0.2) is 37.2 Å². The Labute approximate surface area is 133 Å². The van der Waals surface area contributed by atoms with Crippen molar-refractivity contribution in [3.05, 3.63) is 28.3 Å². The zero-order chi connectivity index (χ0) is 15.6. The summed E-state index contributed by atoms with van der Waals surface area (Å²) in [6, 6.07) is 4.07. The van der Waals surface area contributed by atoms with E-state index < -0.39 is 0 Å². The molecule has 0 radical (unpaired) electrons. The van der Waals surface area contributed by atoms with Crippen LogP contribution in [0.2, 0.25) is 5.02 Å². The maximum absolute atomic E-state index is 6.61. The first kappa shape index (κ1) is 16.6. The van der Waals surface area contributed by atoms with Crippen molar-refractivity contribution in [1.29, 1.82) is 0 Å². The third-order valence-corrected chi connectivity index (χ3v) is 5.29. The van der Waals surface area contributed by atoms with Gasteiger partial charge in [-0.05, 0) is 56.6 Å². The summed E-state index contributed by atoms with van der Waals surface area (Å²) >= 11 is 6.25. The molecule has 0 saturated heterocycles. The second-order valence-electron chi connectivity index (χ2n) is 6.17. The van der Waals surface area contributed by atoms with Crippen LogP contribution in [0.1, 0.15) is 37.8 Å². The number of fused-ring (bicyclic) bond motifs is 1. The molecular weight excluding hydrogens is 284 g/mol. The van der Waals surface area contributed by atoms with Crippen molar-refractivity contribution in [2.75, 3.05) is 20.7 Å². The van der Waals surface area contributed by atoms with Gasteiger partial charge in [-0.2, -0.15) is 0 Å². The molecule has 0 aromatic heterocycles. The number of benzene rings is 1. The van der Waals surface area contributed by atoms with E-state index >= 15 is 0 Å². The predicted octanol–water partition coefficient (Wildman–Crippen LogP) is 3.27. The molecule has 0 spiro atoms. The van der Waals surface area contributed by atoms with Gasteiger partial charge < -0.3 is 15.4 Å². The van der Waals surface area contributed by atoms with E-state index in [1.807, 2.05) is 12.1 Å². The third-order valence-electron chi connectivity index (χ3n) is 5.07. The van der Waals surface area contributed by atoms with Gasteiger partial charge in [-0.1, -0.05) is 25.4 Å². The van der Waals surface area contributed by atoms with E-state index in [-0.39, 0.29) is 11.6 Å². The van der Waals surface area contributed by atoms with E-state index in [1.165, 1.54) is 5.56 Å². The van der Waals surface area contributed by atoms with E-state index in [1.54, 1.807) is 0 Å². The smallest absolute Gasteiger partial charge is 0.125 e. The third kappa shape index (κ3) is 3.05. The molecule has 2 rings (SSSR count). The number of rotatable bonds is 6. The number of hydrogen-bond donors (Lipinski definition) is 1. The van der Waals surface area contributed by atoms with E-state index in [2.05, 4.69) is 32.8 Å². The fourth-order valence-corrected chi connectivity index (χ4v) is 3.93. The zero-order valence-corrected chi connectivity index (χ0v) is 14.3. The molecule has 1 atom stereocenters. The maximum atomic E-state index is 6.61. The number of ether oxygens (including phenoxy) is 1. The van der Waals surface area contributed by atoms with Gasteiger partial charge in [0.25, 0.3) is 0 Å². The van der Waals surface area contributed by atoms with Crippen LogP contribution >= 0.6 is 11.6 Å². The zero-order valence-electron chi connectivity index (χ0n) is 13.6. The van der Waals surface area contributed by atoms with Gasteiger partial charge in [0.05, 0.1) is 6.61 Å². The number of likely N-dealkylation sites (N-methyl/N-ethyl adjacent to an activating group) is 1. The molecule has 1 heterocycles. The molecule has 1 aliphatic heterocycles. The van der Waals surface area contributed by atoms with Crippen LogP contribution in [-0.2, 0) is 12.8 Å². The Morgan fingerprint density at radius 1 is 1.33 bits per heavy atom. The van der Waals surface area contributed by atoms with Gasteiger partial charge in [0, 0.05) is 23.0 Å². The molecule has 0 saturated carbocycles. The summed E-state index contributed by atoms with van der Waals surface area (Å²) in [6.45, 7) is 5.17. The molecule has 1 aliphatic rings. The first-order valence-electron chi connectivity index (χ1n) is 7.81. The van der Waals surface area contributed by atoms with Gasteiger partial charge in [-0.3, -0.25) is 0 Å². The van der Waals surface area contributed by atoms with Gasteiger partial charge in [-0.15, -0.1) is 0 Å². The highest BCUT2D eigenvalue weighted by Crippen LogP contribution is 2.35. The van der Waals surface area contributed by atoms with Crippen LogP contribution in [0.4, 0.5) is 0 Å². The maximum Gasteiger partial charge on any atom is 0.125 e. The minimum atomic E-state index is 0.00774. The molecule has 1 aromatic carbocycles. The largest absolute Gasteiger partial charge is 0.493 e. The molecule has 1 aromatic rings. The highest BCUT2D eigenvalue weighted by atomic mass is 35.5. The standard InChI is InChI=1S/C17H27ClN2O/c1-5-17(6-2,20(3)4)15(19)11-13-10-14(18)9-12-7-8-21-16(12)13/h9-10,15H,5-8,11,19H2,1-4H3. The Morgan fingerprint density at radius 3 is 2.57 bits per heavy atom. The van der Waals surface area contributed by atoms with Crippen LogP contribution in [0.5, 0.6) is 5.75 Å². The van der Waals surface area contributed by atoms with Crippen LogP contribution in [0.3, 0.4) is 0 Å². The topological polar surface area (TPSA) is 38.5 Å². The van der Waals surface area contributed by atoms with Crippen LogP contribution < -0.4 is 10.5 Å². The highest BCUT2D eigenvalue weighted by molar-refractivity contribution is 6.30. The quantitative estimate of drug-likeness (QED) is 0.876. The number of halogens is 1. The van der Waals surface area contributed by atoms with Gasteiger partial charge in [0.1, 0.15) is 5.75 Å². The van der Waals surface area contributed by atoms with E-state index in [4.69, 9.17) is 22.1 Å². The number of nitrogens with zero attached hydrogens (tertiary/aromatic N) is 1. The second-order valence-corrected chi connectivity index (χ2v) is 6.60. The van der Waals surface area contributed by atoms with E-state index in [9.17, 15) is 0 Å². The fourth-order valence-electron chi connectivity index (χ4n) is 3.66. The second kappa shape index (κ2) is 6.55. The normalized spacial score (nSPS) is 16.0. The van der Waals surface area contributed by atoms with Crippen molar-refractivity contribution in [3.63, 3.8) is 0 Å². The Hall–Kier alpha value is -0.770. The van der Waals surface area contributed by atoms with Crippen molar-refractivity contribution < 1.29 is 4.74 Å². The predicted molar refractivity (Wildman–Crippen MR) is 89.3 cm³/mol. The molecule has 2 N–H and O–H groups in total. The minimum Gasteiger partial charge on any atom is -0.493 e. The van der Waals surface area contributed by atoms with E-state index in [0.29, 0.717) is 0 Å². The summed E-state index contributed by atoms with van der Waals surface area (Å²) in [4.78, 5) is 2.27. The molecule has 1 unspecified atom stereocenters. The van der Waals surface area contributed by atoms with Crippen molar-refractivity contribution in [3.8, 4) is 5.75 Å². The molecule has 118 valence electrons. The fraction of sp³-hybridized carbons (Fsp3) is 0.647. The summed E-state index contributed by atoms with van der Waals surface area (Å²) in [5, 5.41) is 0.782. The average Bonchev–Trinajstić information content (AvgIpc) is 2.88. The molecule has 0 fully saturated rings. The van der Waals surface area contributed by atoms with Crippen LogP contribution in [0.25, 0.3) is 0 Å². The van der Waals surface area contributed by atoms with Crippen molar-refractivity contribution in [1.82, 2.24) is 4.90 Å². The van der Waals surface area contributed by atoms with Crippen molar-refractivity contribution in [2.45, 2.75) is 51.1 Å². The van der Waals surface area contributed by atoms with Gasteiger partial charge in [-0.25, -0.2) is 0 Å². The molecule has 0 aliphatic carbocycles. The molecule has 4 heteroatoms. The monoisotopic (exact) mass is 310 g/mol. The summed E-state index contributed by atoms with van der Waals surface area (Å²) < 4.78 is 5.80. The number of nitrogens with two attached hydrogens (primary N) is 1.